The van der Waals surface area contributed by atoms with E-state index >= 15 is 0 Å². The zero-order valence-electron chi connectivity index (χ0n) is 9.90. The molecule has 0 aliphatic rings. The summed E-state index contributed by atoms with van der Waals surface area (Å²) in [6.07, 6.45) is 0. The molecule has 0 aliphatic carbocycles. The molecule has 0 heterocycles. The van der Waals surface area contributed by atoms with Crippen LogP contribution in [0.15, 0.2) is 53.4 Å². The van der Waals surface area contributed by atoms with Crippen LogP contribution in [0.1, 0.15) is 0 Å². The van der Waals surface area contributed by atoms with E-state index in [9.17, 15) is 13.6 Å². The Bertz CT molecular complexity index is 575. The lowest BCUT2D eigenvalue weighted by Gasteiger charge is -2.05. The minimum absolute atomic E-state index is 0.0231. The zero-order valence-corrected chi connectivity index (χ0v) is 10.7. The molecule has 0 spiro atoms. The Hall–Kier alpha value is -1.88. The molecule has 2 nitrogen and oxygen atoms in total. The van der Waals surface area contributed by atoms with Gasteiger partial charge < -0.3 is 5.32 Å². The third-order valence-corrected chi connectivity index (χ3v) is 3.34. The number of hydrogen-bond donors (Lipinski definition) is 1. The van der Waals surface area contributed by atoms with Gasteiger partial charge in [0.2, 0.25) is 5.91 Å². The maximum Gasteiger partial charge on any atom is 0.234 e. The fourth-order valence-electron chi connectivity index (χ4n) is 1.45. The summed E-state index contributed by atoms with van der Waals surface area (Å²) in [7, 11) is 0. The Balaban J connectivity index is 1.92. The quantitative estimate of drug-likeness (QED) is 0.865. The van der Waals surface area contributed by atoms with Gasteiger partial charge in [0, 0.05) is 10.6 Å². The van der Waals surface area contributed by atoms with E-state index < -0.39 is 11.6 Å². The van der Waals surface area contributed by atoms with Gasteiger partial charge in [-0.2, -0.15) is 0 Å². The van der Waals surface area contributed by atoms with Crippen LogP contribution in [0.2, 0.25) is 0 Å². The second-order valence-electron chi connectivity index (χ2n) is 3.78. The third-order valence-electron chi connectivity index (χ3n) is 2.31. The van der Waals surface area contributed by atoms with Crippen molar-refractivity contribution in [2.75, 3.05) is 11.1 Å². The molecule has 0 bridgehead atoms. The molecule has 0 aliphatic heterocycles. The van der Waals surface area contributed by atoms with Crippen LogP contribution in [0.25, 0.3) is 0 Å². The van der Waals surface area contributed by atoms with E-state index in [2.05, 4.69) is 5.32 Å². The molecular weight excluding hydrogens is 268 g/mol. The lowest BCUT2D eigenvalue weighted by molar-refractivity contribution is -0.113. The molecular formula is C14H11F2NOS. The summed E-state index contributed by atoms with van der Waals surface area (Å²) in [5.41, 5.74) is 0.674. The van der Waals surface area contributed by atoms with Gasteiger partial charge in [0.1, 0.15) is 11.6 Å². The predicted molar refractivity (Wildman–Crippen MR) is 72.2 cm³/mol. The lowest BCUT2D eigenvalue weighted by Crippen LogP contribution is -2.13. The average molecular weight is 279 g/mol. The Kier molecular flexibility index (Phi) is 4.52. The fourth-order valence-corrected chi connectivity index (χ4v) is 2.21. The van der Waals surface area contributed by atoms with Crippen molar-refractivity contribution in [3.8, 4) is 0 Å². The van der Waals surface area contributed by atoms with E-state index in [-0.39, 0.29) is 16.6 Å². The first kappa shape index (κ1) is 13.5. The van der Waals surface area contributed by atoms with Crippen molar-refractivity contribution in [1.29, 1.82) is 0 Å². The first-order chi connectivity index (χ1) is 9.15. The van der Waals surface area contributed by atoms with E-state index in [1.807, 2.05) is 6.07 Å². The topological polar surface area (TPSA) is 29.1 Å². The SMILES string of the molecule is O=C(CSc1cc(F)ccc1F)Nc1ccccc1. The van der Waals surface area contributed by atoms with Gasteiger partial charge in [0.15, 0.2) is 0 Å². The molecule has 0 saturated carbocycles. The van der Waals surface area contributed by atoms with Gasteiger partial charge >= 0.3 is 0 Å². The number of carbonyl (C=O) groups is 1. The molecule has 2 rings (SSSR count). The smallest absolute Gasteiger partial charge is 0.234 e. The number of amides is 1. The Morgan fingerprint density at radius 3 is 2.58 bits per heavy atom. The summed E-state index contributed by atoms with van der Waals surface area (Å²) in [6, 6.07) is 12.1. The number of carbonyl (C=O) groups excluding carboxylic acids is 1. The summed E-state index contributed by atoms with van der Waals surface area (Å²) in [4.78, 5) is 11.8. The molecule has 0 fully saturated rings. The van der Waals surface area contributed by atoms with Crippen molar-refractivity contribution in [3.05, 3.63) is 60.2 Å². The van der Waals surface area contributed by atoms with E-state index in [1.54, 1.807) is 24.3 Å². The summed E-state index contributed by atoms with van der Waals surface area (Å²) in [5, 5.41) is 2.67. The molecule has 2 aromatic carbocycles. The van der Waals surface area contributed by atoms with Crippen LogP contribution in [0.3, 0.4) is 0 Å². The highest BCUT2D eigenvalue weighted by atomic mass is 32.2. The van der Waals surface area contributed by atoms with Crippen molar-refractivity contribution in [2.24, 2.45) is 0 Å². The molecule has 0 unspecified atom stereocenters. The van der Waals surface area contributed by atoms with E-state index in [0.717, 1.165) is 30.0 Å². The number of halogens is 2. The summed E-state index contributed by atoms with van der Waals surface area (Å²) < 4.78 is 26.3. The molecule has 1 amide bonds. The normalized spacial score (nSPS) is 10.2. The summed E-state index contributed by atoms with van der Waals surface area (Å²) >= 11 is 0.962. The third kappa shape index (κ3) is 4.06. The number of thioether (sulfide) groups is 1. The Labute approximate surface area is 113 Å². The number of nitrogens with one attached hydrogen (secondary N) is 1. The van der Waals surface area contributed by atoms with Crippen molar-refractivity contribution in [3.63, 3.8) is 0 Å². The highest BCUT2D eigenvalue weighted by molar-refractivity contribution is 8.00. The van der Waals surface area contributed by atoms with Gasteiger partial charge in [-0.15, -0.1) is 11.8 Å². The number of benzene rings is 2. The molecule has 1 N–H and O–H groups in total. The second kappa shape index (κ2) is 6.33. The molecule has 0 aromatic heterocycles. The molecule has 5 heteroatoms. The molecule has 0 radical (unpaired) electrons. The largest absolute Gasteiger partial charge is 0.325 e. The van der Waals surface area contributed by atoms with E-state index in [1.165, 1.54) is 0 Å². The van der Waals surface area contributed by atoms with Gasteiger partial charge in [-0.05, 0) is 30.3 Å². The van der Waals surface area contributed by atoms with Crippen LogP contribution >= 0.6 is 11.8 Å². The molecule has 0 saturated heterocycles. The van der Waals surface area contributed by atoms with Crippen molar-refractivity contribution >= 4 is 23.4 Å². The van der Waals surface area contributed by atoms with Crippen LogP contribution in [0.5, 0.6) is 0 Å². The van der Waals surface area contributed by atoms with Crippen LogP contribution in [-0.4, -0.2) is 11.7 Å². The minimum Gasteiger partial charge on any atom is -0.325 e. The second-order valence-corrected chi connectivity index (χ2v) is 4.79. The average Bonchev–Trinajstić information content (AvgIpc) is 2.41. The number of hydrogen-bond acceptors (Lipinski definition) is 2. The fraction of sp³-hybridized carbons (Fsp3) is 0.0714. The van der Waals surface area contributed by atoms with Crippen molar-refractivity contribution in [2.45, 2.75) is 4.90 Å². The Morgan fingerprint density at radius 1 is 1.11 bits per heavy atom. The van der Waals surface area contributed by atoms with Crippen LogP contribution in [-0.2, 0) is 4.79 Å². The van der Waals surface area contributed by atoms with E-state index in [4.69, 9.17) is 0 Å². The van der Waals surface area contributed by atoms with Gasteiger partial charge in [-0.3, -0.25) is 4.79 Å². The van der Waals surface area contributed by atoms with Gasteiger partial charge in [-0.25, -0.2) is 8.78 Å². The monoisotopic (exact) mass is 279 g/mol. The van der Waals surface area contributed by atoms with Gasteiger partial charge in [0.05, 0.1) is 5.75 Å². The molecule has 2 aromatic rings. The zero-order chi connectivity index (χ0) is 13.7. The number of para-hydroxylation sites is 1. The van der Waals surface area contributed by atoms with E-state index in [0.29, 0.717) is 5.69 Å². The van der Waals surface area contributed by atoms with Crippen molar-refractivity contribution in [1.82, 2.24) is 0 Å². The predicted octanol–water partition coefficient (Wildman–Crippen LogP) is 3.70. The van der Waals surface area contributed by atoms with Crippen LogP contribution in [0, 0.1) is 11.6 Å². The Morgan fingerprint density at radius 2 is 1.84 bits per heavy atom. The van der Waals surface area contributed by atoms with Gasteiger partial charge in [-0.1, -0.05) is 18.2 Å². The first-order valence-electron chi connectivity index (χ1n) is 5.58. The lowest BCUT2D eigenvalue weighted by atomic mass is 10.3. The standard InChI is InChI=1S/C14H11F2NOS/c15-10-6-7-12(16)13(8-10)19-9-14(18)17-11-4-2-1-3-5-11/h1-8H,9H2,(H,17,18). The minimum atomic E-state index is -0.529. The number of rotatable bonds is 4. The molecule has 0 atom stereocenters. The summed E-state index contributed by atoms with van der Waals surface area (Å²) in [6.45, 7) is 0. The highest BCUT2D eigenvalue weighted by Crippen LogP contribution is 2.22. The molecule has 19 heavy (non-hydrogen) atoms. The van der Waals surface area contributed by atoms with Crippen molar-refractivity contribution < 1.29 is 13.6 Å². The van der Waals surface area contributed by atoms with Crippen LogP contribution in [0.4, 0.5) is 14.5 Å². The van der Waals surface area contributed by atoms with Crippen LogP contribution < -0.4 is 5.32 Å². The maximum atomic E-state index is 13.3. The first-order valence-corrected chi connectivity index (χ1v) is 6.56. The molecule has 98 valence electrons. The van der Waals surface area contributed by atoms with Gasteiger partial charge in [0.25, 0.3) is 0 Å². The summed E-state index contributed by atoms with van der Waals surface area (Å²) in [5.74, 6) is -1.29. The maximum absolute atomic E-state index is 13.3. The highest BCUT2D eigenvalue weighted by Gasteiger charge is 2.08. The number of anilines is 1.